The van der Waals surface area contributed by atoms with E-state index in [1.165, 1.54) is 4.70 Å². The minimum absolute atomic E-state index is 0.661. The molecule has 104 valence electrons. The number of nitrogen functional groups attached to an aromatic ring is 1. The maximum Gasteiger partial charge on any atom is 0.205 e. The second-order valence-electron chi connectivity index (χ2n) is 4.57. The fourth-order valence-corrected chi connectivity index (χ4v) is 4.00. The summed E-state index contributed by atoms with van der Waals surface area (Å²) in [6.45, 7) is 0. The third kappa shape index (κ3) is 2.48. The molecule has 0 radical (unpaired) electrons. The molecule has 0 unspecified atom stereocenters. The van der Waals surface area contributed by atoms with Gasteiger partial charge in [0.2, 0.25) is 5.89 Å². The van der Waals surface area contributed by atoms with Crippen molar-refractivity contribution in [1.82, 2.24) is 9.97 Å². The predicted molar refractivity (Wildman–Crippen MR) is 87.6 cm³/mol. The highest BCUT2D eigenvalue weighted by Gasteiger charge is 2.09. The van der Waals surface area contributed by atoms with Gasteiger partial charge in [-0.25, -0.2) is 9.97 Å². The number of hydrogen-bond donors (Lipinski definition) is 1. The molecule has 0 aliphatic carbocycles. The molecule has 0 bridgehead atoms. The number of rotatable bonds is 3. The van der Waals surface area contributed by atoms with Gasteiger partial charge in [0.1, 0.15) is 5.52 Å². The van der Waals surface area contributed by atoms with Gasteiger partial charge in [-0.15, -0.1) is 11.3 Å². The molecular weight excluding hydrogens is 302 g/mol. The quantitative estimate of drug-likeness (QED) is 0.451. The molecule has 0 aliphatic heterocycles. The molecule has 4 nitrogen and oxygen atoms in total. The minimum Gasteiger partial charge on any atom is -0.440 e. The Morgan fingerprint density at radius 3 is 2.90 bits per heavy atom. The van der Waals surface area contributed by atoms with Gasteiger partial charge in [0.05, 0.1) is 16.0 Å². The fraction of sp³-hybridized carbons (Fsp3) is 0.0667. The van der Waals surface area contributed by atoms with E-state index in [9.17, 15) is 0 Å². The summed E-state index contributed by atoms with van der Waals surface area (Å²) in [5, 5.41) is 0. The lowest BCUT2D eigenvalue weighted by molar-refractivity contribution is 0.556. The lowest BCUT2D eigenvalue weighted by atomic mass is 10.3. The number of para-hydroxylation sites is 1. The van der Waals surface area contributed by atoms with Crippen molar-refractivity contribution in [1.29, 1.82) is 0 Å². The van der Waals surface area contributed by atoms with Crippen LogP contribution in [0.1, 0.15) is 5.89 Å². The van der Waals surface area contributed by atoms with Gasteiger partial charge >= 0.3 is 0 Å². The molecule has 0 amide bonds. The highest BCUT2D eigenvalue weighted by Crippen LogP contribution is 2.31. The van der Waals surface area contributed by atoms with Crippen molar-refractivity contribution in [2.24, 2.45) is 0 Å². The second kappa shape index (κ2) is 5.05. The van der Waals surface area contributed by atoms with Gasteiger partial charge in [-0.05, 0) is 24.3 Å². The number of nitrogens with two attached hydrogens (primary N) is 1. The van der Waals surface area contributed by atoms with Gasteiger partial charge in [-0.1, -0.05) is 23.9 Å². The molecule has 0 spiro atoms. The Hall–Kier alpha value is -2.05. The van der Waals surface area contributed by atoms with E-state index in [1.54, 1.807) is 29.2 Å². The van der Waals surface area contributed by atoms with E-state index in [-0.39, 0.29) is 0 Å². The smallest absolute Gasteiger partial charge is 0.205 e. The standard InChI is InChI=1S/C15H11N3OS2/c16-9-5-6-10-12(7-9)19-14(17-10)8-20-15-18-11-3-1-2-4-13(11)21-15/h1-7H,8,16H2. The van der Waals surface area contributed by atoms with Gasteiger partial charge in [0, 0.05) is 11.8 Å². The van der Waals surface area contributed by atoms with Crippen LogP contribution in [0.2, 0.25) is 0 Å². The summed E-state index contributed by atoms with van der Waals surface area (Å²) in [6.07, 6.45) is 0. The first-order valence-corrected chi connectivity index (χ1v) is 8.21. The zero-order valence-corrected chi connectivity index (χ0v) is 12.6. The molecule has 0 saturated carbocycles. The van der Waals surface area contributed by atoms with Crippen molar-refractivity contribution in [2.45, 2.75) is 10.1 Å². The summed E-state index contributed by atoms with van der Waals surface area (Å²) in [5.74, 6) is 1.36. The van der Waals surface area contributed by atoms with E-state index in [1.807, 2.05) is 30.3 Å². The Morgan fingerprint density at radius 2 is 2.00 bits per heavy atom. The van der Waals surface area contributed by atoms with Crippen LogP contribution in [0.25, 0.3) is 21.3 Å². The molecule has 2 aromatic heterocycles. The Balaban J connectivity index is 1.57. The number of hydrogen-bond acceptors (Lipinski definition) is 6. The highest BCUT2D eigenvalue weighted by molar-refractivity contribution is 8.00. The number of nitrogens with zero attached hydrogens (tertiary/aromatic N) is 2. The molecule has 0 fully saturated rings. The number of aromatic nitrogens is 2. The van der Waals surface area contributed by atoms with E-state index in [0.29, 0.717) is 17.3 Å². The van der Waals surface area contributed by atoms with Crippen LogP contribution in [0.5, 0.6) is 0 Å². The summed E-state index contributed by atoms with van der Waals surface area (Å²) in [6, 6.07) is 13.6. The number of oxazole rings is 1. The van der Waals surface area contributed by atoms with Crippen LogP contribution in [0.4, 0.5) is 5.69 Å². The molecule has 6 heteroatoms. The van der Waals surface area contributed by atoms with Crippen LogP contribution < -0.4 is 5.73 Å². The average molecular weight is 313 g/mol. The molecular formula is C15H11N3OS2. The maximum atomic E-state index is 5.74. The largest absolute Gasteiger partial charge is 0.440 e. The van der Waals surface area contributed by atoms with Crippen molar-refractivity contribution in [3.63, 3.8) is 0 Å². The van der Waals surface area contributed by atoms with Crippen molar-refractivity contribution < 1.29 is 4.42 Å². The monoisotopic (exact) mass is 313 g/mol. The third-order valence-corrected chi connectivity index (χ3v) is 5.21. The lowest BCUT2D eigenvalue weighted by Crippen LogP contribution is -1.81. The summed E-state index contributed by atoms with van der Waals surface area (Å²) in [4.78, 5) is 9.04. The van der Waals surface area contributed by atoms with Gasteiger partial charge in [0.25, 0.3) is 0 Å². The molecule has 4 aromatic rings. The zero-order valence-electron chi connectivity index (χ0n) is 10.9. The van der Waals surface area contributed by atoms with E-state index >= 15 is 0 Å². The highest BCUT2D eigenvalue weighted by atomic mass is 32.2. The van der Waals surface area contributed by atoms with E-state index < -0.39 is 0 Å². The minimum atomic E-state index is 0.661. The Kier molecular flexibility index (Phi) is 3.05. The molecule has 21 heavy (non-hydrogen) atoms. The SMILES string of the molecule is Nc1ccc2nc(CSc3nc4ccccc4s3)oc2c1. The van der Waals surface area contributed by atoms with Crippen LogP contribution in [0, 0.1) is 0 Å². The zero-order chi connectivity index (χ0) is 14.2. The van der Waals surface area contributed by atoms with E-state index in [4.69, 9.17) is 10.2 Å². The number of thioether (sulfide) groups is 1. The first kappa shape index (κ1) is 12.7. The molecule has 2 heterocycles. The number of benzene rings is 2. The van der Waals surface area contributed by atoms with Crippen LogP contribution >= 0.6 is 23.1 Å². The average Bonchev–Trinajstić information content (AvgIpc) is 3.07. The Morgan fingerprint density at radius 1 is 1.10 bits per heavy atom. The topological polar surface area (TPSA) is 64.9 Å². The summed E-state index contributed by atoms with van der Waals surface area (Å²) in [7, 11) is 0. The fourth-order valence-electron chi connectivity index (χ4n) is 2.09. The maximum absolute atomic E-state index is 5.74. The molecule has 2 aromatic carbocycles. The first-order valence-electron chi connectivity index (χ1n) is 6.41. The third-order valence-electron chi connectivity index (χ3n) is 3.05. The van der Waals surface area contributed by atoms with Crippen molar-refractivity contribution >= 4 is 50.1 Å². The molecule has 2 N–H and O–H groups in total. The summed E-state index contributed by atoms with van der Waals surface area (Å²) >= 11 is 3.33. The number of anilines is 1. The second-order valence-corrected chi connectivity index (χ2v) is 6.82. The normalized spacial score (nSPS) is 11.4. The Labute approximate surface area is 129 Å². The van der Waals surface area contributed by atoms with Crippen LogP contribution in [-0.2, 0) is 5.75 Å². The predicted octanol–water partition coefficient (Wildman–Crippen LogP) is 4.31. The van der Waals surface area contributed by atoms with Crippen LogP contribution in [-0.4, -0.2) is 9.97 Å². The van der Waals surface area contributed by atoms with Crippen molar-refractivity contribution in [2.75, 3.05) is 5.73 Å². The summed E-state index contributed by atoms with van der Waals surface area (Å²) in [5.41, 5.74) is 9.03. The van der Waals surface area contributed by atoms with Crippen LogP contribution in [0.15, 0.2) is 51.2 Å². The van der Waals surface area contributed by atoms with Crippen molar-refractivity contribution in [3.8, 4) is 0 Å². The van der Waals surface area contributed by atoms with Crippen molar-refractivity contribution in [3.05, 3.63) is 48.4 Å². The molecule has 4 rings (SSSR count). The van der Waals surface area contributed by atoms with E-state index in [0.717, 1.165) is 21.0 Å². The first-order chi connectivity index (χ1) is 10.3. The number of thiazole rings is 1. The van der Waals surface area contributed by atoms with Crippen LogP contribution in [0.3, 0.4) is 0 Å². The van der Waals surface area contributed by atoms with Gasteiger partial charge < -0.3 is 10.2 Å². The lowest BCUT2D eigenvalue weighted by Gasteiger charge is -1.91. The van der Waals surface area contributed by atoms with Gasteiger partial charge in [0.15, 0.2) is 9.92 Å². The summed E-state index contributed by atoms with van der Waals surface area (Å²) < 4.78 is 7.93. The number of fused-ring (bicyclic) bond motifs is 2. The molecule has 0 aliphatic rings. The van der Waals surface area contributed by atoms with E-state index in [2.05, 4.69) is 16.0 Å². The van der Waals surface area contributed by atoms with Gasteiger partial charge in [-0.3, -0.25) is 0 Å². The molecule has 0 saturated heterocycles. The van der Waals surface area contributed by atoms with Gasteiger partial charge in [-0.2, -0.15) is 0 Å². The Bertz CT molecular complexity index is 896. The molecule has 0 atom stereocenters.